The molecule has 0 N–H and O–H groups in total. The molecule has 0 unspecified atom stereocenters. The largest absolute Gasteiger partial charge is 0.466 e. The number of benzene rings is 2. The van der Waals surface area contributed by atoms with Gasteiger partial charge in [0.05, 0.1) is 25.4 Å². The van der Waals surface area contributed by atoms with Crippen molar-refractivity contribution in [3.8, 4) is 0 Å². The van der Waals surface area contributed by atoms with Crippen molar-refractivity contribution < 1.29 is 23.8 Å². The first-order chi connectivity index (χ1) is 12.1. The van der Waals surface area contributed by atoms with Gasteiger partial charge < -0.3 is 14.2 Å². The van der Waals surface area contributed by atoms with Crippen molar-refractivity contribution in [2.24, 2.45) is 0 Å². The Morgan fingerprint density at radius 3 is 2.24 bits per heavy atom. The second-order valence-corrected chi connectivity index (χ2v) is 5.90. The quantitative estimate of drug-likeness (QED) is 0.807. The van der Waals surface area contributed by atoms with Crippen LogP contribution in [0.4, 0.5) is 0 Å². The Kier molecular flexibility index (Phi) is 3.47. The summed E-state index contributed by atoms with van der Waals surface area (Å²) in [5, 5.41) is 0. The zero-order valence-corrected chi connectivity index (χ0v) is 13.8. The Morgan fingerprint density at radius 1 is 0.920 bits per heavy atom. The van der Waals surface area contributed by atoms with E-state index in [9.17, 15) is 9.59 Å². The molecule has 126 valence electrons. The van der Waals surface area contributed by atoms with Gasteiger partial charge in [-0.3, -0.25) is 0 Å². The zero-order chi connectivity index (χ0) is 17.6. The Bertz CT molecular complexity index is 899. The van der Waals surface area contributed by atoms with Crippen molar-refractivity contribution in [1.82, 2.24) is 0 Å². The Morgan fingerprint density at radius 2 is 1.56 bits per heavy atom. The molecule has 2 bridgehead atoms. The van der Waals surface area contributed by atoms with Gasteiger partial charge in [-0.05, 0) is 16.7 Å². The van der Waals surface area contributed by atoms with E-state index in [1.807, 2.05) is 54.6 Å². The smallest absolute Gasteiger partial charge is 0.338 e. The van der Waals surface area contributed by atoms with E-state index < -0.39 is 23.6 Å². The highest BCUT2D eigenvalue weighted by molar-refractivity contribution is 6.05. The third-order valence-corrected chi connectivity index (χ3v) is 4.78. The highest BCUT2D eigenvalue weighted by atomic mass is 16.6. The first-order valence-corrected chi connectivity index (χ1v) is 7.89. The van der Waals surface area contributed by atoms with Crippen molar-refractivity contribution in [2.45, 2.75) is 11.7 Å². The number of hydrogen-bond acceptors (Lipinski definition) is 5. The second kappa shape index (κ2) is 5.57. The van der Waals surface area contributed by atoms with E-state index in [2.05, 4.69) is 0 Å². The summed E-state index contributed by atoms with van der Waals surface area (Å²) in [5.74, 6) is -1.18. The molecular weight excluding hydrogens is 320 g/mol. The van der Waals surface area contributed by atoms with Crippen LogP contribution in [0.1, 0.15) is 22.8 Å². The summed E-state index contributed by atoms with van der Waals surface area (Å²) in [6, 6.07) is 17.0. The summed E-state index contributed by atoms with van der Waals surface area (Å²) < 4.78 is 16.2. The van der Waals surface area contributed by atoms with Gasteiger partial charge in [-0.2, -0.15) is 0 Å². The minimum atomic E-state index is -1.17. The average molecular weight is 336 g/mol. The minimum absolute atomic E-state index is 0.191. The number of methoxy groups -OCH3 is 2. The Balaban J connectivity index is 2.08. The SMILES string of the molecule is COC(=O)C1=C(C(=O)OC)[C@]2(c3ccccc3)O[C@H]1c1ccccc12. The zero-order valence-electron chi connectivity index (χ0n) is 13.8. The molecule has 0 radical (unpaired) electrons. The van der Waals surface area contributed by atoms with Crippen LogP contribution in [0.25, 0.3) is 0 Å². The molecule has 0 saturated carbocycles. The Labute approximate surface area is 144 Å². The van der Waals surface area contributed by atoms with Gasteiger partial charge in [-0.1, -0.05) is 54.6 Å². The molecule has 2 aliphatic rings. The minimum Gasteiger partial charge on any atom is -0.466 e. The molecule has 0 aliphatic carbocycles. The molecule has 25 heavy (non-hydrogen) atoms. The van der Waals surface area contributed by atoms with Crippen molar-refractivity contribution in [1.29, 1.82) is 0 Å². The summed E-state index contributed by atoms with van der Waals surface area (Å²) in [6.07, 6.45) is -0.655. The van der Waals surface area contributed by atoms with Crippen LogP contribution in [-0.2, 0) is 29.4 Å². The van der Waals surface area contributed by atoms with E-state index >= 15 is 0 Å². The van der Waals surface area contributed by atoms with E-state index in [4.69, 9.17) is 14.2 Å². The van der Waals surface area contributed by atoms with Crippen LogP contribution in [0.5, 0.6) is 0 Å². The first kappa shape index (κ1) is 15.6. The normalized spacial score (nSPS) is 23.4. The number of ether oxygens (including phenoxy) is 3. The number of fused-ring (bicyclic) bond motifs is 5. The van der Waals surface area contributed by atoms with Crippen LogP contribution in [0.2, 0.25) is 0 Å². The summed E-state index contributed by atoms with van der Waals surface area (Å²) >= 11 is 0. The number of esters is 2. The number of hydrogen-bond donors (Lipinski definition) is 0. The fourth-order valence-electron chi connectivity index (χ4n) is 3.79. The van der Waals surface area contributed by atoms with Gasteiger partial charge in [0.15, 0.2) is 5.60 Å². The van der Waals surface area contributed by atoms with Gasteiger partial charge >= 0.3 is 11.9 Å². The van der Waals surface area contributed by atoms with E-state index in [-0.39, 0.29) is 11.1 Å². The molecule has 2 atom stereocenters. The van der Waals surface area contributed by atoms with Crippen molar-refractivity contribution in [3.05, 3.63) is 82.4 Å². The van der Waals surface area contributed by atoms with Gasteiger partial charge in [0.1, 0.15) is 6.10 Å². The highest BCUT2D eigenvalue weighted by Gasteiger charge is 2.61. The van der Waals surface area contributed by atoms with Crippen LogP contribution in [0.15, 0.2) is 65.7 Å². The first-order valence-electron chi connectivity index (χ1n) is 7.89. The maximum atomic E-state index is 12.7. The molecule has 0 amide bonds. The molecule has 2 aliphatic heterocycles. The molecule has 0 fully saturated rings. The molecule has 0 saturated heterocycles. The topological polar surface area (TPSA) is 61.8 Å². The molecule has 2 aromatic rings. The van der Waals surface area contributed by atoms with Crippen LogP contribution < -0.4 is 0 Å². The summed E-state index contributed by atoms with van der Waals surface area (Å²) in [4.78, 5) is 25.1. The molecule has 2 heterocycles. The lowest BCUT2D eigenvalue weighted by Crippen LogP contribution is -2.33. The van der Waals surface area contributed by atoms with Gasteiger partial charge in [0.2, 0.25) is 0 Å². The standard InChI is InChI=1S/C20H16O5/c1-23-18(21)15-16(19(22)24-2)20(12-8-4-3-5-9-12)14-11-7-6-10-13(14)17(15)25-20/h3-11,17H,1-2H3/t17-,20+/m0/s1. The average Bonchev–Trinajstić information content (AvgIpc) is 3.20. The molecule has 4 rings (SSSR count). The predicted octanol–water partition coefficient (Wildman–Crippen LogP) is 2.66. The van der Waals surface area contributed by atoms with Crippen molar-refractivity contribution in [2.75, 3.05) is 14.2 Å². The predicted molar refractivity (Wildman–Crippen MR) is 88.5 cm³/mol. The van der Waals surface area contributed by atoms with E-state index in [0.717, 1.165) is 16.7 Å². The van der Waals surface area contributed by atoms with Crippen molar-refractivity contribution >= 4 is 11.9 Å². The van der Waals surface area contributed by atoms with Gasteiger partial charge in [-0.15, -0.1) is 0 Å². The fourth-order valence-corrected chi connectivity index (χ4v) is 3.79. The van der Waals surface area contributed by atoms with Crippen LogP contribution in [0.3, 0.4) is 0 Å². The molecule has 0 spiro atoms. The molecule has 5 nitrogen and oxygen atoms in total. The maximum absolute atomic E-state index is 12.7. The third-order valence-electron chi connectivity index (χ3n) is 4.78. The van der Waals surface area contributed by atoms with E-state index in [0.29, 0.717) is 0 Å². The molecule has 0 aromatic heterocycles. The highest BCUT2D eigenvalue weighted by Crippen LogP contribution is 2.60. The number of carbonyl (C=O) groups is 2. The summed E-state index contributed by atoms with van der Waals surface area (Å²) in [5.41, 5.74) is 1.70. The van der Waals surface area contributed by atoms with E-state index in [1.54, 1.807) is 0 Å². The molecular formula is C20H16O5. The molecule has 5 heteroatoms. The molecule has 2 aromatic carbocycles. The summed E-state index contributed by atoms with van der Waals surface area (Å²) in [7, 11) is 2.58. The lowest BCUT2D eigenvalue weighted by molar-refractivity contribution is -0.139. The van der Waals surface area contributed by atoms with Crippen LogP contribution in [-0.4, -0.2) is 26.2 Å². The second-order valence-electron chi connectivity index (χ2n) is 5.90. The van der Waals surface area contributed by atoms with Crippen LogP contribution >= 0.6 is 0 Å². The Hall–Kier alpha value is -2.92. The van der Waals surface area contributed by atoms with Gasteiger partial charge in [-0.25, -0.2) is 9.59 Å². The third kappa shape index (κ3) is 1.93. The monoisotopic (exact) mass is 336 g/mol. The van der Waals surface area contributed by atoms with Crippen molar-refractivity contribution in [3.63, 3.8) is 0 Å². The number of rotatable bonds is 3. The van der Waals surface area contributed by atoms with Crippen LogP contribution in [0, 0.1) is 0 Å². The van der Waals surface area contributed by atoms with Gasteiger partial charge in [0.25, 0.3) is 0 Å². The number of carbonyl (C=O) groups excluding carboxylic acids is 2. The summed E-state index contributed by atoms with van der Waals surface area (Å²) in [6.45, 7) is 0. The lowest BCUT2D eigenvalue weighted by Gasteiger charge is -2.29. The maximum Gasteiger partial charge on any atom is 0.338 e. The van der Waals surface area contributed by atoms with E-state index in [1.165, 1.54) is 14.2 Å². The van der Waals surface area contributed by atoms with Gasteiger partial charge in [0, 0.05) is 0 Å². The lowest BCUT2D eigenvalue weighted by atomic mass is 9.74. The fraction of sp³-hybridized carbons (Fsp3) is 0.200.